The first-order valence-electron chi connectivity index (χ1n) is 12.6. The lowest BCUT2D eigenvalue weighted by atomic mass is 9.95. The van der Waals surface area contributed by atoms with Gasteiger partial charge in [-0.2, -0.15) is 5.10 Å². The number of halogens is 1. The van der Waals surface area contributed by atoms with Crippen LogP contribution in [0.4, 0.5) is 20.6 Å². The SMILES string of the molecule is Cn1cc(-c2cc(Oc3ccc(NC(=O)Nc4cnc(C(C)(C)C)nc4-c4ccccc4)c(F)c3)ccn2)cn1. The molecule has 0 fully saturated rings. The van der Waals surface area contributed by atoms with Gasteiger partial charge in [-0.1, -0.05) is 51.1 Å². The summed E-state index contributed by atoms with van der Waals surface area (Å²) in [5.41, 5.74) is 3.01. The quantitative estimate of drug-likeness (QED) is 0.246. The first-order valence-corrected chi connectivity index (χ1v) is 12.6. The van der Waals surface area contributed by atoms with Gasteiger partial charge in [0, 0.05) is 48.1 Å². The smallest absolute Gasteiger partial charge is 0.323 e. The number of pyridine rings is 1. The maximum atomic E-state index is 15.0. The van der Waals surface area contributed by atoms with Gasteiger partial charge in [-0.25, -0.2) is 19.2 Å². The molecule has 0 aliphatic carbocycles. The van der Waals surface area contributed by atoms with Gasteiger partial charge in [0.1, 0.15) is 23.1 Å². The molecule has 5 aromatic rings. The molecule has 9 nitrogen and oxygen atoms in total. The second-order valence-corrected chi connectivity index (χ2v) is 10.2. The van der Waals surface area contributed by atoms with Crippen molar-refractivity contribution >= 4 is 17.4 Å². The largest absolute Gasteiger partial charge is 0.457 e. The van der Waals surface area contributed by atoms with E-state index in [1.165, 1.54) is 12.1 Å². The minimum Gasteiger partial charge on any atom is -0.457 e. The van der Waals surface area contributed by atoms with E-state index in [0.717, 1.165) is 11.1 Å². The topological polar surface area (TPSA) is 107 Å². The molecule has 0 saturated carbocycles. The summed E-state index contributed by atoms with van der Waals surface area (Å²) in [5, 5.41) is 9.46. The maximum Gasteiger partial charge on any atom is 0.323 e. The zero-order valence-corrected chi connectivity index (χ0v) is 22.5. The molecule has 2 aromatic carbocycles. The van der Waals surface area contributed by atoms with Gasteiger partial charge in [-0.05, 0) is 18.2 Å². The Bertz CT molecular complexity index is 1660. The number of carbonyl (C=O) groups is 1. The fourth-order valence-corrected chi connectivity index (χ4v) is 3.91. The third kappa shape index (κ3) is 6.12. The molecule has 2 amide bonds. The average Bonchev–Trinajstić information content (AvgIpc) is 3.37. The van der Waals surface area contributed by atoms with Crippen molar-refractivity contribution in [1.29, 1.82) is 0 Å². The molecule has 2 N–H and O–H groups in total. The Kier molecular flexibility index (Phi) is 7.24. The number of hydrogen-bond donors (Lipinski definition) is 2. The normalized spacial score (nSPS) is 11.2. The monoisotopic (exact) mass is 537 g/mol. The molecule has 0 radical (unpaired) electrons. The van der Waals surface area contributed by atoms with Crippen LogP contribution < -0.4 is 15.4 Å². The average molecular weight is 538 g/mol. The Morgan fingerprint density at radius 3 is 2.35 bits per heavy atom. The third-order valence-corrected chi connectivity index (χ3v) is 5.91. The van der Waals surface area contributed by atoms with Crippen molar-refractivity contribution in [3.05, 3.63) is 97.1 Å². The second-order valence-electron chi connectivity index (χ2n) is 10.2. The molecule has 10 heteroatoms. The zero-order valence-electron chi connectivity index (χ0n) is 22.5. The lowest BCUT2D eigenvalue weighted by Crippen LogP contribution is -2.22. The van der Waals surface area contributed by atoms with E-state index in [1.54, 1.807) is 41.5 Å². The van der Waals surface area contributed by atoms with Crippen LogP contribution in [-0.4, -0.2) is 30.8 Å². The minimum absolute atomic E-state index is 0.0101. The standard InChI is InChI=1S/C30H28FN7O2/c1-30(2,3)28-33-17-26(27(37-28)19-8-6-5-7-9-19)36-29(39)35-24-11-10-21(14-23(24)31)40-22-12-13-32-25(15-22)20-16-34-38(4)18-20/h5-18H,1-4H3,(H2,35,36,39). The lowest BCUT2D eigenvalue weighted by Gasteiger charge is -2.19. The molecular weight excluding hydrogens is 509 g/mol. The Labute approximate surface area is 231 Å². The zero-order chi connectivity index (χ0) is 28.3. The van der Waals surface area contributed by atoms with Gasteiger partial charge >= 0.3 is 6.03 Å². The summed E-state index contributed by atoms with van der Waals surface area (Å²) in [6.45, 7) is 6.05. The fraction of sp³-hybridized carbons (Fsp3) is 0.167. The first kappa shape index (κ1) is 26.5. The molecule has 202 valence electrons. The van der Waals surface area contributed by atoms with E-state index in [0.29, 0.717) is 28.6 Å². The number of rotatable bonds is 6. The molecule has 3 aromatic heterocycles. The fourth-order valence-electron chi connectivity index (χ4n) is 3.91. The van der Waals surface area contributed by atoms with E-state index >= 15 is 0 Å². The number of amides is 2. The predicted molar refractivity (Wildman–Crippen MR) is 152 cm³/mol. The number of benzene rings is 2. The van der Waals surface area contributed by atoms with Gasteiger partial charge in [-0.3, -0.25) is 9.67 Å². The third-order valence-electron chi connectivity index (χ3n) is 5.91. The minimum atomic E-state index is -0.656. The molecule has 0 spiro atoms. The van der Waals surface area contributed by atoms with Gasteiger partial charge in [-0.15, -0.1) is 0 Å². The Morgan fingerprint density at radius 1 is 0.900 bits per heavy atom. The molecule has 5 rings (SSSR count). The van der Waals surface area contributed by atoms with Crippen LogP contribution in [0.3, 0.4) is 0 Å². The van der Waals surface area contributed by atoms with Crippen LogP contribution in [0, 0.1) is 5.82 Å². The molecule has 0 aliphatic rings. The van der Waals surface area contributed by atoms with Crippen LogP contribution in [0.15, 0.2) is 85.5 Å². The highest BCUT2D eigenvalue weighted by Gasteiger charge is 2.21. The number of nitrogens with one attached hydrogen (secondary N) is 2. The highest BCUT2D eigenvalue weighted by molar-refractivity contribution is 6.01. The number of aryl methyl sites for hydroxylation is 1. The summed E-state index contributed by atoms with van der Waals surface area (Å²) in [6.07, 6.45) is 6.71. The van der Waals surface area contributed by atoms with Crippen LogP contribution >= 0.6 is 0 Å². The highest BCUT2D eigenvalue weighted by Crippen LogP contribution is 2.30. The van der Waals surface area contributed by atoms with Crippen molar-refractivity contribution < 1.29 is 13.9 Å². The Balaban J connectivity index is 1.30. The highest BCUT2D eigenvalue weighted by atomic mass is 19.1. The van der Waals surface area contributed by atoms with Crippen LogP contribution in [0.25, 0.3) is 22.5 Å². The van der Waals surface area contributed by atoms with Crippen molar-refractivity contribution in [3.8, 4) is 34.0 Å². The Morgan fingerprint density at radius 2 is 1.65 bits per heavy atom. The molecule has 40 heavy (non-hydrogen) atoms. The van der Waals surface area contributed by atoms with E-state index in [1.807, 2.05) is 64.3 Å². The summed E-state index contributed by atoms with van der Waals surface area (Å²) in [7, 11) is 1.82. The van der Waals surface area contributed by atoms with Crippen molar-refractivity contribution in [3.63, 3.8) is 0 Å². The van der Waals surface area contributed by atoms with Crippen molar-refractivity contribution in [2.75, 3.05) is 10.6 Å². The summed E-state index contributed by atoms with van der Waals surface area (Å²) in [6, 6.07) is 16.5. The van der Waals surface area contributed by atoms with E-state index in [2.05, 4.69) is 25.7 Å². The molecule has 0 bridgehead atoms. The Hall–Kier alpha value is -5.12. The molecule has 3 heterocycles. The maximum absolute atomic E-state index is 15.0. The predicted octanol–water partition coefficient (Wildman–Crippen LogP) is 6.81. The van der Waals surface area contributed by atoms with E-state index in [4.69, 9.17) is 9.72 Å². The van der Waals surface area contributed by atoms with Gasteiger partial charge in [0.2, 0.25) is 0 Å². The molecule has 0 unspecified atom stereocenters. The molecule has 0 atom stereocenters. The molecular formula is C30H28FN7O2. The number of urea groups is 1. The first-order chi connectivity index (χ1) is 19.2. The van der Waals surface area contributed by atoms with Gasteiger partial charge in [0.25, 0.3) is 0 Å². The number of hydrogen-bond acceptors (Lipinski definition) is 6. The lowest BCUT2D eigenvalue weighted by molar-refractivity contribution is 0.262. The van der Waals surface area contributed by atoms with Crippen molar-refractivity contribution in [2.45, 2.75) is 26.2 Å². The summed E-state index contributed by atoms with van der Waals surface area (Å²) in [4.78, 5) is 26.3. The van der Waals surface area contributed by atoms with Crippen LogP contribution in [0.2, 0.25) is 0 Å². The molecule has 0 aliphatic heterocycles. The molecule has 0 saturated heterocycles. The van der Waals surface area contributed by atoms with E-state index in [9.17, 15) is 9.18 Å². The summed E-state index contributed by atoms with van der Waals surface area (Å²) >= 11 is 0. The summed E-state index contributed by atoms with van der Waals surface area (Å²) < 4.78 is 22.5. The number of anilines is 2. The summed E-state index contributed by atoms with van der Waals surface area (Å²) in [5.74, 6) is 0.737. The van der Waals surface area contributed by atoms with E-state index < -0.39 is 11.8 Å². The van der Waals surface area contributed by atoms with Gasteiger partial charge in [0.05, 0.1) is 35.2 Å². The van der Waals surface area contributed by atoms with Crippen LogP contribution in [-0.2, 0) is 12.5 Å². The van der Waals surface area contributed by atoms with Gasteiger partial charge in [0.15, 0.2) is 0 Å². The number of nitrogens with zero attached hydrogens (tertiary/aromatic N) is 5. The second kappa shape index (κ2) is 10.9. The number of carbonyl (C=O) groups excluding carboxylic acids is 1. The van der Waals surface area contributed by atoms with Crippen molar-refractivity contribution in [2.24, 2.45) is 7.05 Å². The number of ether oxygens (including phenoxy) is 1. The van der Waals surface area contributed by atoms with E-state index in [-0.39, 0.29) is 16.9 Å². The number of aromatic nitrogens is 5. The van der Waals surface area contributed by atoms with Gasteiger partial charge < -0.3 is 15.4 Å². The van der Waals surface area contributed by atoms with Crippen LogP contribution in [0.1, 0.15) is 26.6 Å². The van der Waals surface area contributed by atoms with Crippen molar-refractivity contribution in [1.82, 2.24) is 24.7 Å². The van der Waals surface area contributed by atoms with Crippen LogP contribution in [0.5, 0.6) is 11.5 Å².